The number of aromatic nitrogens is 1. The highest BCUT2D eigenvalue weighted by molar-refractivity contribution is 8.13. The number of thiazole rings is 1. The molecule has 0 aliphatic carbocycles. The topological polar surface area (TPSA) is 75.4 Å². The molecule has 116 valence electrons. The maximum Gasteiger partial charge on any atom is 0.282 e. The number of furan rings is 1. The van der Waals surface area contributed by atoms with E-state index in [1.165, 1.54) is 11.8 Å². The van der Waals surface area contributed by atoms with Gasteiger partial charge in [0.25, 0.3) is 5.24 Å². The van der Waals surface area contributed by atoms with Crippen molar-refractivity contribution in [2.45, 2.75) is 13.5 Å². The molecule has 2 aromatic heterocycles. The lowest BCUT2D eigenvalue weighted by molar-refractivity contribution is -0.121. The SMILES string of the molecule is Cc1nc(-c2ccc(CNC(=O)CN3CCSC3=O)o2)cs1. The van der Waals surface area contributed by atoms with Gasteiger partial charge in [-0.05, 0) is 19.1 Å². The maximum atomic E-state index is 11.8. The number of hydrogen-bond donors (Lipinski definition) is 1. The third-order valence-electron chi connectivity index (χ3n) is 3.17. The number of carbonyl (C=O) groups excluding carboxylic acids is 2. The van der Waals surface area contributed by atoms with E-state index < -0.39 is 0 Å². The van der Waals surface area contributed by atoms with Crippen LogP contribution in [-0.4, -0.2) is 39.9 Å². The quantitative estimate of drug-likeness (QED) is 0.907. The molecule has 0 radical (unpaired) electrons. The van der Waals surface area contributed by atoms with E-state index in [4.69, 9.17) is 4.42 Å². The minimum absolute atomic E-state index is 0.0330. The summed E-state index contributed by atoms with van der Waals surface area (Å²) in [6.07, 6.45) is 0. The largest absolute Gasteiger partial charge is 0.458 e. The molecule has 8 heteroatoms. The van der Waals surface area contributed by atoms with Crippen molar-refractivity contribution < 1.29 is 14.0 Å². The Balaban J connectivity index is 1.52. The molecule has 0 spiro atoms. The molecule has 0 bridgehead atoms. The predicted molar refractivity (Wildman–Crippen MR) is 85.8 cm³/mol. The number of amides is 2. The second-order valence-electron chi connectivity index (χ2n) is 4.83. The summed E-state index contributed by atoms with van der Waals surface area (Å²) in [5.74, 6) is 1.93. The molecule has 0 aromatic carbocycles. The average molecular weight is 337 g/mol. The van der Waals surface area contributed by atoms with Gasteiger partial charge in [-0.3, -0.25) is 9.59 Å². The molecular formula is C14H15N3O3S2. The number of thioether (sulfide) groups is 1. The summed E-state index contributed by atoms with van der Waals surface area (Å²) in [6, 6.07) is 3.66. The van der Waals surface area contributed by atoms with Gasteiger partial charge in [0.05, 0.1) is 11.6 Å². The van der Waals surface area contributed by atoms with E-state index in [9.17, 15) is 9.59 Å². The number of nitrogens with one attached hydrogen (secondary N) is 1. The zero-order valence-electron chi connectivity index (χ0n) is 12.0. The van der Waals surface area contributed by atoms with E-state index in [1.54, 1.807) is 16.2 Å². The van der Waals surface area contributed by atoms with Crippen LogP contribution in [0.25, 0.3) is 11.5 Å². The fraction of sp³-hybridized carbons (Fsp3) is 0.357. The Labute approximate surface area is 135 Å². The lowest BCUT2D eigenvalue weighted by Gasteiger charge is -2.13. The van der Waals surface area contributed by atoms with E-state index in [-0.39, 0.29) is 17.7 Å². The van der Waals surface area contributed by atoms with Gasteiger partial charge in [0, 0.05) is 17.7 Å². The molecule has 1 aliphatic rings. The lowest BCUT2D eigenvalue weighted by Crippen LogP contribution is -2.36. The van der Waals surface area contributed by atoms with Gasteiger partial charge in [-0.15, -0.1) is 11.3 Å². The third kappa shape index (κ3) is 3.50. The van der Waals surface area contributed by atoms with Crippen molar-refractivity contribution in [3.63, 3.8) is 0 Å². The molecule has 3 heterocycles. The highest BCUT2D eigenvalue weighted by Gasteiger charge is 2.23. The average Bonchev–Trinajstić information content (AvgIpc) is 3.19. The highest BCUT2D eigenvalue weighted by atomic mass is 32.2. The number of nitrogens with zero attached hydrogens (tertiary/aromatic N) is 2. The van der Waals surface area contributed by atoms with Crippen LogP contribution in [0.2, 0.25) is 0 Å². The Hall–Kier alpha value is -1.80. The van der Waals surface area contributed by atoms with E-state index in [2.05, 4.69) is 10.3 Å². The molecule has 1 saturated heterocycles. The standard InChI is InChI=1S/C14H15N3O3S2/c1-9-16-11(8-22-9)12-3-2-10(20-12)6-15-13(18)7-17-4-5-21-14(17)19/h2-3,8H,4-7H2,1H3,(H,15,18). The molecule has 2 amide bonds. The van der Waals surface area contributed by atoms with Gasteiger partial charge in [-0.1, -0.05) is 11.8 Å². The Morgan fingerprint density at radius 1 is 1.50 bits per heavy atom. The first-order valence-corrected chi connectivity index (χ1v) is 8.68. The van der Waals surface area contributed by atoms with E-state index in [1.807, 2.05) is 24.4 Å². The maximum absolute atomic E-state index is 11.8. The number of carbonyl (C=O) groups is 2. The molecule has 0 unspecified atom stereocenters. The van der Waals surface area contributed by atoms with Gasteiger partial charge in [-0.25, -0.2) is 4.98 Å². The number of rotatable bonds is 5. The number of aryl methyl sites for hydroxylation is 1. The van der Waals surface area contributed by atoms with Crippen LogP contribution < -0.4 is 5.32 Å². The molecule has 6 nitrogen and oxygen atoms in total. The lowest BCUT2D eigenvalue weighted by atomic mass is 10.3. The first-order valence-electron chi connectivity index (χ1n) is 6.81. The summed E-state index contributed by atoms with van der Waals surface area (Å²) < 4.78 is 5.67. The molecule has 1 N–H and O–H groups in total. The zero-order valence-corrected chi connectivity index (χ0v) is 13.6. The van der Waals surface area contributed by atoms with Crippen molar-refractivity contribution in [2.24, 2.45) is 0 Å². The predicted octanol–water partition coefficient (Wildman–Crippen LogP) is 2.50. The van der Waals surface area contributed by atoms with Crippen molar-refractivity contribution in [3.8, 4) is 11.5 Å². The summed E-state index contributed by atoms with van der Waals surface area (Å²) >= 11 is 2.81. The molecule has 0 atom stereocenters. The fourth-order valence-electron chi connectivity index (χ4n) is 2.07. The van der Waals surface area contributed by atoms with Gasteiger partial charge in [0.2, 0.25) is 5.91 Å². The van der Waals surface area contributed by atoms with E-state index >= 15 is 0 Å². The van der Waals surface area contributed by atoms with E-state index in [0.29, 0.717) is 24.6 Å². The molecular weight excluding hydrogens is 322 g/mol. The van der Waals surface area contributed by atoms with Crippen molar-refractivity contribution in [3.05, 3.63) is 28.3 Å². The number of hydrogen-bond acceptors (Lipinski definition) is 6. The first-order chi connectivity index (χ1) is 10.6. The fourth-order valence-corrected chi connectivity index (χ4v) is 3.50. The highest BCUT2D eigenvalue weighted by Crippen LogP contribution is 2.23. The molecule has 1 fully saturated rings. The molecule has 2 aromatic rings. The summed E-state index contributed by atoms with van der Waals surface area (Å²) in [6.45, 7) is 2.98. The van der Waals surface area contributed by atoms with Gasteiger partial charge in [0.15, 0.2) is 5.76 Å². The summed E-state index contributed by atoms with van der Waals surface area (Å²) in [5, 5.41) is 5.65. The zero-order chi connectivity index (χ0) is 15.5. The Bertz CT molecular complexity index is 695. The van der Waals surface area contributed by atoms with Gasteiger partial charge in [0.1, 0.15) is 18.0 Å². The molecule has 1 aliphatic heterocycles. The van der Waals surface area contributed by atoms with Crippen molar-refractivity contribution in [1.82, 2.24) is 15.2 Å². The van der Waals surface area contributed by atoms with Crippen LogP contribution in [0.4, 0.5) is 4.79 Å². The smallest absolute Gasteiger partial charge is 0.282 e. The van der Waals surface area contributed by atoms with Crippen LogP contribution in [0.15, 0.2) is 21.9 Å². The third-order valence-corrected chi connectivity index (χ3v) is 4.84. The first kappa shape index (κ1) is 15.1. The van der Waals surface area contributed by atoms with Crippen LogP contribution >= 0.6 is 23.1 Å². The second kappa shape index (κ2) is 6.53. The van der Waals surface area contributed by atoms with Crippen LogP contribution in [0.5, 0.6) is 0 Å². The van der Waals surface area contributed by atoms with Crippen LogP contribution in [0, 0.1) is 6.92 Å². The molecule has 0 saturated carbocycles. The summed E-state index contributed by atoms with van der Waals surface area (Å²) in [4.78, 5) is 29.2. The van der Waals surface area contributed by atoms with Crippen LogP contribution in [-0.2, 0) is 11.3 Å². The van der Waals surface area contributed by atoms with Crippen molar-refractivity contribution >= 4 is 34.2 Å². The Morgan fingerprint density at radius 2 is 2.36 bits per heavy atom. The van der Waals surface area contributed by atoms with Gasteiger partial charge >= 0.3 is 0 Å². The molecule has 3 rings (SSSR count). The molecule has 22 heavy (non-hydrogen) atoms. The van der Waals surface area contributed by atoms with Crippen molar-refractivity contribution in [1.29, 1.82) is 0 Å². The monoisotopic (exact) mass is 337 g/mol. The Morgan fingerprint density at radius 3 is 3.05 bits per heavy atom. The van der Waals surface area contributed by atoms with Crippen molar-refractivity contribution in [2.75, 3.05) is 18.8 Å². The van der Waals surface area contributed by atoms with Crippen LogP contribution in [0.3, 0.4) is 0 Å². The normalized spacial score (nSPS) is 14.6. The second-order valence-corrected chi connectivity index (χ2v) is 6.94. The summed E-state index contributed by atoms with van der Waals surface area (Å²) in [7, 11) is 0. The van der Waals surface area contributed by atoms with Crippen LogP contribution in [0.1, 0.15) is 10.8 Å². The van der Waals surface area contributed by atoms with Gasteiger partial charge in [-0.2, -0.15) is 0 Å². The minimum atomic E-state index is -0.182. The summed E-state index contributed by atoms with van der Waals surface area (Å²) in [5.41, 5.74) is 0.805. The Kier molecular flexibility index (Phi) is 4.49. The minimum Gasteiger partial charge on any atom is -0.458 e. The van der Waals surface area contributed by atoms with Gasteiger partial charge < -0.3 is 14.6 Å². The van der Waals surface area contributed by atoms with E-state index in [0.717, 1.165) is 16.5 Å².